The van der Waals surface area contributed by atoms with E-state index in [1.807, 2.05) is 24.3 Å². The second-order valence-corrected chi connectivity index (χ2v) is 6.35. The molecule has 1 amide bonds. The van der Waals surface area contributed by atoms with E-state index in [4.69, 9.17) is 4.74 Å². The number of nitrogens with zero attached hydrogens (tertiary/aromatic N) is 1. The zero-order valence-electron chi connectivity index (χ0n) is 11.0. The molecule has 2 aliphatic heterocycles. The highest BCUT2D eigenvalue weighted by molar-refractivity contribution is 9.10. The number of hydrogen-bond donors (Lipinski definition) is 0. The second kappa shape index (κ2) is 5.25. The van der Waals surface area contributed by atoms with E-state index in [0.717, 1.165) is 35.7 Å². The van der Waals surface area contributed by atoms with E-state index < -0.39 is 0 Å². The lowest BCUT2D eigenvalue weighted by Gasteiger charge is -2.38. The van der Waals surface area contributed by atoms with Gasteiger partial charge in [-0.15, -0.1) is 0 Å². The summed E-state index contributed by atoms with van der Waals surface area (Å²) < 4.78 is 6.44. The highest BCUT2D eigenvalue weighted by Gasteiger charge is 2.43. The van der Waals surface area contributed by atoms with Crippen molar-refractivity contribution in [1.29, 1.82) is 0 Å². The van der Waals surface area contributed by atoms with Crippen LogP contribution in [-0.4, -0.2) is 36.1 Å². The van der Waals surface area contributed by atoms with Gasteiger partial charge in [0.1, 0.15) is 0 Å². The van der Waals surface area contributed by atoms with Gasteiger partial charge in [0.15, 0.2) is 0 Å². The second-order valence-electron chi connectivity index (χ2n) is 5.44. The molecule has 3 rings (SSSR count). The van der Waals surface area contributed by atoms with E-state index >= 15 is 0 Å². The Morgan fingerprint density at radius 3 is 2.58 bits per heavy atom. The van der Waals surface area contributed by atoms with Crippen LogP contribution < -0.4 is 0 Å². The molecule has 0 N–H and O–H groups in total. The quantitative estimate of drug-likeness (QED) is 0.836. The first-order valence-electron chi connectivity index (χ1n) is 6.80. The standard InChI is InChI=1S/C15H18BrNO2/c1-19-14-8-12-5-6-13(9-14)17(12)15(18)10-3-2-4-11(16)7-10/h2-4,7,12-14H,5-6,8-9H2,1H3. The molecule has 0 spiro atoms. The Hall–Kier alpha value is -0.870. The lowest BCUT2D eigenvalue weighted by Crippen LogP contribution is -2.48. The van der Waals surface area contributed by atoms with Gasteiger partial charge in [0, 0.05) is 29.2 Å². The molecule has 2 bridgehead atoms. The van der Waals surface area contributed by atoms with Crippen LogP contribution in [0.4, 0.5) is 0 Å². The SMILES string of the molecule is COC1CC2CCC(C1)N2C(=O)c1cccc(Br)c1. The van der Waals surface area contributed by atoms with Gasteiger partial charge in [-0.2, -0.15) is 0 Å². The number of carbonyl (C=O) groups is 1. The summed E-state index contributed by atoms with van der Waals surface area (Å²) >= 11 is 3.43. The highest BCUT2D eigenvalue weighted by Crippen LogP contribution is 2.37. The number of halogens is 1. The van der Waals surface area contributed by atoms with Gasteiger partial charge in [-0.1, -0.05) is 22.0 Å². The Labute approximate surface area is 122 Å². The van der Waals surface area contributed by atoms with Gasteiger partial charge in [0.25, 0.3) is 5.91 Å². The van der Waals surface area contributed by atoms with E-state index in [-0.39, 0.29) is 5.91 Å². The molecule has 0 radical (unpaired) electrons. The zero-order valence-corrected chi connectivity index (χ0v) is 12.6. The van der Waals surface area contributed by atoms with Crippen molar-refractivity contribution in [3.63, 3.8) is 0 Å². The summed E-state index contributed by atoms with van der Waals surface area (Å²) in [5, 5.41) is 0. The third-order valence-corrected chi connectivity index (χ3v) is 4.82. The first-order chi connectivity index (χ1) is 9.19. The fraction of sp³-hybridized carbons (Fsp3) is 0.533. The molecule has 1 aromatic rings. The molecule has 1 aromatic carbocycles. The summed E-state index contributed by atoms with van der Waals surface area (Å²) in [7, 11) is 1.77. The van der Waals surface area contributed by atoms with Crippen molar-refractivity contribution in [2.45, 2.75) is 43.9 Å². The number of amides is 1. The maximum absolute atomic E-state index is 12.7. The molecule has 0 aliphatic carbocycles. The van der Waals surface area contributed by atoms with Crippen molar-refractivity contribution >= 4 is 21.8 Å². The Bertz CT molecular complexity index is 477. The Morgan fingerprint density at radius 1 is 1.32 bits per heavy atom. The molecule has 2 fully saturated rings. The predicted molar refractivity (Wildman–Crippen MR) is 77.2 cm³/mol. The molecule has 19 heavy (non-hydrogen) atoms. The van der Waals surface area contributed by atoms with Crippen LogP contribution in [0.3, 0.4) is 0 Å². The minimum absolute atomic E-state index is 0.170. The summed E-state index contributed by atoms with van der Waals surface area (Å²) in [6.07, 6.45) is 4.51. The molecule has 2 unspecified atom stereocenters. The van der Waals surface area contributed by atoms with Gasteiger partial charge in [0.2, 0.25) is 0 Å². The molecule has 0 aromatic heterocycles. The van der Waals surface area contributed by atoms with Gasteiger partial charge >= 0.3 is 0 Å². The number of ether oxygens (including phenoxy) is 1. The van der Waals surface area contributed by atoms with Crippen LogP contribution in [0.2, 0.25) is 0 Å². The largest absolute Gasteiger partial charge is 0.381 e. The first kappa shape index (κ1) is 13.1. The monoisotopic (exact) mass is 323 g/mol. The van der Waals surface area contributed by atoms with Crippen molar-refractivity contribution in [2.24, 2.45) is 0 Å². The van der Waals surface area contributed by atoms with Gasteiger partial charge in [0.05, 0.1) is 6.10 Å². The van der Waals surface area contributed by atoms with Gasteiger partial charge in [-0.25, -0.2) is 0 Å². The van der Waals surface area contributed by atoms with Crippen LogP contribution >= 0.6 is 15.9 Å². The number of benzene rings is 1. The molecule has 2 saturated heterocycles. The van der Waals surface area contributed by atoms with Gasteiger partial charge < -0.3 is 9.64 Å². The summed E-state index contributed by atoms with van der Waals surface area (Å²) in [6.45, 7) is 0. The normalized spacial score (nSPS) is 29.6. The van der Waals surface area contributed by atoms with Crippen LogP contribution in [0.25, 0.3) is 0 Å². The third-order valence-electron chi connectivity index (χ3n) is 4.33. The predicted octanol–water partition coefficient (Wildman–Crippen LogP) is 3.23. The van der Waals surface area contributed by atoms with E-state index in [1.54, 1.807) is 7.11 Å². The van der Waals surface area contributed by atoms with E-state index in [2.05, 4.69) is 20.8 Å². The number of fused-ring (bicyclic) bond motifs is 2. The van der Waals surface area contributed by atoms with Crippen molar-refractivity contribution in [3.8, 4) is 0 Å². The summed E-state index contributed by atoms with van der Waals surface area (Å²) in [6, 6.07) is 8.38. The molecule has 4 heteroatoms. The molecule has 2 heterocycles. The van der Waals surface area contributed by atoms with Crippen molar-refractivity contribution < 1.29 is 9.53 Å². The smallest absolute Gasteiger partial charge is 0.254 e. The number of hydrogen-bond acceptors (Lipinski definition) is 2. The summed E-state index contributed by atoms with van der Waals surface area (Å²) in [4.78, 5) is 14.8. The minimum Gasteiger partial charge on any atom is -0.381 e. The number of methoxy groups -OCH3 is 1. The zero-order chi connectivity index (χ0) is 13.4. The number of piperidine rings is 1. The number of rotatable bonds is 2. The Kier molecular flexibility index (Phi) is 3.63. The van der Waals surface area contributed by atoms with Gasteiger partial charge in [-0.3, -0.25) is 4.79 Å². The van der Waals surface area contributed by atoms with Gasteiger partial charge in [-0.05, 0) is 43.9 Å². The average Bonchev–Trinajstić information content (AvgIpc) is 2.68. The molecule has 3 nitrogen and oxygen atoms in total. The lowest BCUT2D eigenvalue weighted by atomic mass is 9.98. The lowest BCUT2D eigenvalue weighted by molar-refractivity contribution is 0.00822. The first-order valence-corrected chi connectivity index (χ1v) is 7.59. The Morgan fingerprint density at radius 2 is 2.00 bits per heavy atom. The van der Waals surface area contributed by atoms with E-state index in [0.29, 0.717) is 18.2 Å². The summed E-state index contributed by atoms with van der Waals surface area (Å²) in [5.74, 6) is 0.170. The van der Waals surface area contributed by atoms with Crippen LogP contribution in [-0.2, 0) is 4.74 Å². The topological polar surface area (TPSA) is 29.5 Å². The van der Waals surface area contributed by atoms with E-state index in [1.165, 1.54) is 0 Å². The van der Waals surface area contributed by atoms with Crippen LogP contribution in [0, 0.1) is 0 Å². The van der Waals surface area contributed by atoms with Crippen molar-refractivity contribution in [1.82, 2.24) is 4.90 Å². The molecular formula is C15H18BrNO2. The van der Waals surface area contributed by atoms with Crippen LogP contribution in [0.5, 0.6) is 0 Å². The highest BCUT2D eigenvalue weighted by atomic mass is 79.9. The number of carbonyl (C=O) groups excluding carboxylic acids is 1. The molecule has 2 atom stereocenters. The van der Waals surface area contributed by atoms with Crippen LogP contribution in [0.1, 0.15) is 36.0 Å². The molecule has 0 saturated carbocycles. The minimum atomic E-state index is 0.170. The fourth-order valence-electron chi connectivity index (χ4n) is 3.42. The molecule has 2 aliphatic rings. The van der Waals surface area contributed by atoms with Crippen LogP contribution in [0.15, 0.2) is 28.7 Å². The molecular weight excluding hydrogens is 306 g/mol. The maximum Gasteiger partial charge on any atom is 0.254 e. The maximum atomic E-state index is 12.7. The molecule has 102 valence electrons. The summed E-state index contributed by atoms with van der Waals surface area (Å²) in [5.41, 5.74) is 0.780. The van der Waals surface area contributed by atoms with Crippen molar-refractivity contribution in [2.75, 3.05) is 7.11 Å². The Balaban J connectivity index is 1.82. The van der Waals surface area contributed by atoms with E-state index in [9.17, 15) is 4.79 Å². The fourth-order valence-corrected chi connectivity index (χ4v) is 3.82. The average molecular weight is 324 g/mol. The van der Waals surface area contributed by atoms with Crippen molar-refractivity contribution in [3.05, 3.63) is 34.3 Å². The third kappa shape index (κ3) is 2.43.